The van der Waals surface area contributed by atoms with Gasteiger partial charge in [0.15, 0.2) is 0 Å². The van der Waals surface area contributed by atoms with Crippen LogP contribution in [0, 0.1) is 0 Å². The first-order chi connectivity index (χ1) is 10.3. The molecular weight excluding hydrogens is 372 g/mol. The van der Waals surface area contributed by atoms with Crippen LogP contribution in [0.1, 0.15) is 17.5 Å². The summed E-state index contributed by atoms with van der Waals surface area (Å²) in [6, 6.07) is 9.67. The average molecular weight is 394 g/mol. The standard InChI is InChI=1S/C11H14N2O.C5H9N.Sb/c1-12-11(14)13-7-6-9-4-2-3-5-10(9)8-13;1-6-4-2-3-5-6;/h2-5H,6-8H2,1H3,(H,12,14);2H,1,3-5H2;/q;;+1/p-1. The maximum atomic E-state index is 6.47. The third-order valence-electron chi connectivity index (χ3n) is 4.79. The molecule has 3 heterocycles. The molecule has 2 atom stereocenters. The van der Waals surface area contributed by atoms with Gasteiger partial charge in [-0.1, -0.05) is 0 Å². The predicted molar refractivity (Wildman–Crippen MR) is 85.6 cm³/mol. The Balaban J connectivity index is 1.45. The maximum absolute atomic E-state index is 6.47. The van der Waals surface area contributed by atoms with Gasteiger partial charge in [-0.3, -0.25) is 0 Å². The van der Waals surface area contributed by atoms with Gasteiger partial charge < -0.3 is 0 Å². The summed E-state index contributed by atoms with van der Waals surface area (Å²) in [4.78, 5) is 9.41. The van der Waals surface area contributed by atoms with Crippen molar-refractivity contribution >= 4 is 26.7 Å². The van der Waals surface area contributed by atoms with Crippen LogP contribution in [0.5, 0.6) is 0 Å². The van der Waals surface area contributed by atoms with Crippen molar-refractivity contribution in [3.05, 3.63) is 35.4 Å². The quantitative estimate of drug-likeness (QED) is 0.412. The Kier molecular flexibility index (Phi) is 3.85. The average Bonchev–Trinajstić information content (AvgIpc) is 3.15. The first-order valence-corrected chi connectivity index (χ1v) is 12.1. The molecule has 3 aliphatic heterocycles. The second-order valence-corrected chi connectivity index (χ2v) is 11.9. The molecule has 2 fully saturated rings. The Morgan fingerprint density at radius 1 is 1.29 bits per heavy atom. The van der Waals surface area contributed by atoms with E-state index in [2.05, 4.69) is 39.1 Å². The molecule has 2 bridgehead atoms. The van der Waals surface area contributed by atoms with Crippen molar-refractivity contribution < 1.29 is 3.02 Å². The number of fused-ring (bicyclic) bond motifs is 3. The van der Waals surface area contributed by atoms with Gasteiger partial charge >= 0.3 is 134 Å². The molecule has 5 heteroatoms. The molecular formula is C16H22N3OSb. The van der Waals surface area contributed by atoms with Crippen LogP contribution in [0.15, 0.2) is 29.3 Å². The zero-order valence-electron chi connectivity index (χ0n) is 12.5. The molecule has 0 radical (unpaired) electrons. The zero-order valence-corrected chi connectivity index (χ0v) is 15.1. The van der Waals surface area contributed by atoms with E-state index in [0.717, 1.165) is 29.4 Å². The third-order valence-corrected chi connectivity index (χ3v) is 11.4. The summed E-state index contributed by atoms with van der Waals surface area (Å²) in [5.74, 6) is 0. The molecule has 1 aromatic rings. The summed E-state index contributed by atoms with van der Waals surface area (Å²) in [5.41, 5.74) is 2.91. The Morgan fingerprint density at radius 3 is 2.86 bits per heavy atom. The number of aliphatic imine (C=N–C) groups is 1. The van der Waals surface area contributed by atoms with Gasteiger partial charge in [-0.15, -0.1) is 0 Å². The van der Waals surface area contributed by atoms with Crippen molar-refractivity contribution in [3.8, 4) is 0 Å². The summed E-state index contributed by atoms with van der Waals surface area (Å²) >= 11 is -1.60. The van der Waals surface area contributed by atoms with Crippen LogP contribution >= 0.6 is 0 Å². The van der Waals surface area contributed by atoms with E-state index in [-0.39, 0.29) is 0 Å². The zero-order chi connectivity index (χ0) is 14.2. The number of amidine groups is 1. The Labute approximate surface area is 134 Å². The fourth-order valence-corrected chi connectivity index (χ4v) is 10.2. The molecule has 4 rings (SSSR count). The van der Waals surface area contributed by atoms with Crippen LogP contribution in [0.2, 0.25) is 3.86 Å². The molecule has 21 heavy (non-hydrogen) atoms. The van der Waals surface area contributed by atoms with E-state index >= 15 is 0 Å². The molecule has 1 aromatic carbocycles. The number of benzene rings is 1. The number of hydrogen-bond donors (Lipinski definition) is 0. The van der Waals surface area contributed by atoms with Crippen LogP contribution in [0.4, 0.5) is 0 Å². The first kappa shape index (κ1) is 13.9. The van der Waals surface area contributed by atoms with Crippen molar-refractivity contribution in [2.24, 2.45) is 4.99 Å². The molecule has 3 aliphatic rings. The van der Waals surface area contributed by atoms with Gasteiger partial charge in [0, 0.05) is 0 Å². The predicted octanol–water partition coefficient (Wildman–Crippen LogP) is 1.67. The van der Waals surface area contributed by atoms with E-state index in [1.165, 1.54) is 35.1 Å². The third kappa shape index (κ3) is 2.68. The second-order valence-electron chi connectivity index (χ2n) is 6.12. The van der Waals surface area contributed by atoms with Gasteiger partial charge in [-0.2, -0.15) is 0 Å². The number of nitrogens with zero attached hydrogens (tertiary/aromatic N) is 3. The first-order valence-electron chi connectivity index (χ1n) is 7.79. The van der Waals surface area contributed by atoms with Crippen LogP contribution < -0.4 is 0 Å². The summed E-state index contributed by atoms with van der Waals surface area (Å²) < 4.78 is 8.62. The van der Waals surface area contributed by atoms with Crippen LogP contribution in [-0.2, 0) is 16.0 Å². The molecule has 2 saturated heterocycles. The summed E-state index contributed by atoms with van der Waals surface area (Å²) in [5, 5.41) is 0. The van der Waals surface area contributed by atoms with E-state index in [0.29, 0.717) is 0 Å². The molecule has 112 valence electrons. The Morgan fingerprint density at radius 2 is 2.14 bits per heavy atom. The summed E-state index contributed by atoms with van der Waals surface area (Å²) in [6.07, 6.45) is 2.47. The van der Waals surface area contributed by atoms with Crippen LogP contribution in [0.25, 0.3) is 0 Å². The molecule has 0 saturated carbocycles. The monoisotopic (exact) mass is 393 g/mol. The topological polar surface area (TPSA) is 28.1 Å². The number of rotatable bonds is 1. The van der Waals surface area contributed by atoms with Gasteiger partial charge in [0.05, 0.1) is 0 Å². The Bertz CT molecular complexity index is 562. The fourth-order valence-electron chi connectivity index (χ4n) is 3.60. The number of hydrogen-bond acceptors (Lipinski definition) is 3. The summed E-state index contributed by atoms with van der Waals surface area (Å²) in [6.45, 7) is 4.57. The molecule has 2 unspecified atom stereocenters. The molecule has 0 aromatic heterocycles. The van der Waals surface area contributed by atoms with E-state index in [9.17, 15) is 0 Å². The molecule has 0 amide bonds. The van der Waals surface area contributed by atoms with Crippen LogP contribution in [0.3, 0.4) is 0 Å². The second kappa shape index (κ2) is 5.81. The van der Waals surface area contributed by atoms with Gasteiger partial charge in [-0.25, -0.2) is 0 Å². The molecule has 4 nitrogen and oxygen atoms in total. The van der Waals surface area contributed by atoms with E-state index < -0.39 is 20.6 Å². The Hall–Kier alpha value is -0.732. The van der Waals surface area contributed by atoms with E-state index in [4.69, 9.17) is 3.02 Å². The van der Waals surface area contributed by atoms with Gasteiger partial charge in [0.25, 0.3) is 0 Å². The molecule has 0 spiro atoms. The minimum atomic E-state index is -1.60. The fraction of sp³-hybridized carbons (Fsp3) is 0.562. The van der Waals surface area contributed by atoms with Gasteiger partial charge in [0.1, 0.15) is 0 Å². The van der Waals surface area contributed by atoms with Crippen molar-refractivity contribution in [1.82, 2.24) is 9.80 Å². The van der Waals surface area contributed by atoms with Gasteiger partial charge in [-0.05, 0) is 0 Å². The van der Waals surface area contributed by atoms with Crippen molar-refractivity contribution in [2.45, 2.75) is 23.3 Å². The summed E-state index contributed by atoms with van der Waals surface area (Å²) in [7, 11) is 1.88. The minimum absolute atomic E-state index is 0.891. The van der Waals surface area contributed by atoms with Crippen molar-refractivity contribution in [2.75, 3.05) is 31.2 Å². The van der Waals surface area contributed by atoms with Gasteiger partial charge in [0.2, 0.25) is 0 Å². The normalized spacial score (nSPS) is 28.8. The van der Waals surface area contributed by atoms with Crippen molar-refractivity contribution in [3.63, 3.8) is 0 Å². The van der Waals surface area contributed by atoms with Crippen molar-refractivity contribution in [1.29, 1.82) is 0 Å². The SMILES string of the molecule is CN=C([O][Sb]1[CH2]N2CC[CH]1C2)N1CCc2ccccc2C1. The molecule has 0 N–H and O–H groups in total. The van der Waals surface area contributed by atoms with E-state index in [1.807, 2.05) is 7.05 Å². The van der Waals surface area contributed by atoms with E-state index in [1.54, 1.807) is 0 Å². The van der Waals surface area contributed by atoms with Crippen LogP contribution in [-0.4, -0.2) is 67.6 Å². The molecule has 0 aliphatic carbocycles.